The molecule has 3 atom stereocenters. The Balaban J connectivity index is 1.99. The van der Waals surface area contributed by atoms with Gasteiger partial charge in [-0.05, 0) is 6.42 Å². The maximum atomic E-state index is 5.55. The van der Waals surface area contributed by atoms with Gasteiger partial charge in [0.05, 0.1) is 6.10 Å². The molecule has 1 aliphatic heterocycles. The van der Waals surface area contributed by atoms with Crippen molar-refractivity contribution in [1.29, 1.82) is 0 Å². The van der Waals surface area contributed by atoms with E-state index in [2.05, 4.69) is 12.2 Å². The Labute approximate surface area is 60.8 Å². The Morgan fingerprint density at radius 3 is 3.20 bits per heavy atom. The van der Waals surface area contributed by atoms with Gasteiger partial charge in [-0.2, -0.15) is 0 Å². The van der Waals surface area contributed by atoms with Gasteiger partial charge < -0.3 is 9.47 Å². The normalized spacial score (nSPS) is 44.3. The zero-order chi connectivity index (χ0) is 6.97. The summed E-state index contributed by atoms with van der Waals surface area (Å²) in [5.41, 5.74) is 0. The van der Waals surface area contributed by atoms with E-state index in [0.29, 0.717) is 12.0 Å². The van der Waals surface area contributed by atoms with E-state index in [9.17, 15) is 0 Å². The predicted octanol–water partition coefficient (Wildman–Crippen LogP) is 1.32. The highest BCUT2D eigenvalue weighted by Crippen LogP contribution is 2.34. The van der Waals surface area contributed by atoms with Crippen LogP contribution in [-0.4, -0.2) is 19.5 Å². The van der Waals surface area contributed by atoms with Crippen LogP contribution in [0.2, 0.25) is 0 Å². The molecule has 2 heteroatoms. The summed E-state index contributed by atoms with van der Waals surface area (Å²) < 4.78 is 10.6. The molecular formula is C8H12O2. The first-order valence-electron chi connectivity index (χ1n) is 3.75. The summed E-state index contributed by atoms with van der Waals surface area (Å²) in [6.45, 7) is 0. The van der Waals surface area contributed by atoms with Crippen LogP contribution in [0.15, 0.2) is 12.2 Å². The van der Waals surface area contributed by atoms with Gasteiger partial charge >= 0.3 is 0 Å². The number of ether oxygens (including phenoxy) is 2. The van der Waals surface area contributed by atoms with Crippen molar-refractivity contribution in [3.05, 3.63) is 12.2 Å². The number of methoxy groups -OCH3 is 1. The van der Waals surface area contributed by atoms with Crippen LogP contribution in [0, 0.1) is 5.92 Å². The first kappa shape index (κ1) is 6.38. The highest BCUT2D eigenvalue weighted by molar-refractivity contribution is 5.05. The Morgan fingerprint density at radius 2 is 2.50 bits per heavy atom. The average Bonchev–Trinajstić information content (AvgIpc) is 2.42. The van der Waals surface area contributed by atoms with Gasteiger partial charge in [-0.15, -0.1) is 0 Å². The van der Waals surface area contributed by atoms with Crippen LogP contribution in [-0.2, 0) is 9.47 Å². The van der Waals surface area contributed by atoms with E-state index >= 15 is 0 Å². The van der Waals surface area contributed by atoms with E-state index in [-0.39, 0.29) is 6.29 Å². The van der Waals surface area contributed by atoms with E-state index in [1.54, 1.807) is 7.11 Å². The van der Waals surface area contributed by atoms with Crippen molar-refractivity contribution >= 4 is 0 Å². The molecule has 0 N–H and O–H groups in total. The van der Waals surface area contributed by atoms with Crippen molar-refractivity contribution in [1.82, 2.24) is 0 Å². The molecular weight excluding hydrogens is 128 g/mol. The Bertz CT molecular complexity index is 153. The molecule has 10 heavy (non-hydrogen) atoms. The molecule has 0 saturated carbocycles. The zero-order valence-electron chi connectivity index (χ0n) is 6.12. The minimum Gasteiger partial charge on any atom is -0.356 e. The van der Waals surface area contributed by atoms with Crippen molar-refractivity contribution in [2.45, 2.75) is 25.2 Å². The highest BCUT2D eigenvalue weighted by atomic mass is 16.7. The first-order chi connectivity index (χ1) is 4.90. The average molecular weight is 140 g/mol. The minimum atomic E-state index is 0.0555. The Morgan fingerprint density at radius 1 is 1.60 bits per heavy atom. The zero-order valence-corrected chi connectivity index (χ0v) is 6.12. The van der Waals surface area contributed by atoms with Gasteiger partial charge in [0.25, 0.3) is 0 Å². The molecule has 1 fully saturated rings. The molecule has 0 radical (unpaired) electrons. The number of rotatable bonds is 1. The van der Waals surface area contributed by atoms with Crippen molar-refractivity contribution in [3.8, 4) is 0 Å². The van der Waals surface area contributed by atoms with Gasteiger partial charge in [-0.1, -0.05) is 12.2 Å². The topological polar surface area (TPSA) is 18.5 Å². The van der Waals surface area contributed by atoms with Crippen molar-refractivity contribution in [2.24, 2.45) is 5.92 Å². The third kappa shape index (κ3) is 0.879. The lowest BCUT2D eigenvalue weighted by atomic mass is 10.1. The van der Waals surface area contributed by atoms with Crippen molar-refractivity contribution in [2.75, 3.05) is 7.11 Å². The summed E-state index contributed by atoms with van der Waals surface area (Å²) in [5, 5.41) is 0. The van der Waals surface area contributed by atoms with Crippen LogP contribution in [0.3, 0.4) is 0 Å². The molecule has 0 unspecified atom stereocenters. The number of hydrogen-bond donors (Lipinski definition) is 0. The van der Waals surface area contributed by atoms with Crippen LogP contribution in [0.25, 0.3) is 0 Å². The van der Waals surface area contributed by atoms with Crippen LogP contribution < -0.4 is 0 Å². The third-order valence-electron chi connectivity index (χ3n) is 2.28. The Hall–Kier alpha value is -0.340. The van der Waals surface area contributed by atoms with Gasteiger partial charge in [-0.25, -0.2) is 0 Å². The van der Waals surface area contributed by atoms with Crippen LogP contribution in [0.4, 0.5) is 0 Å². The first-order valence-corrected chi connectivity index (χ1v) is 3.75. The lowest BCUT2D eigenvalue weighted by Crippen LogP contribution is -2.11. The van der Waals surface area contributed by atoms with E-state index in [1.165, 1.54) is 0 Å². The molecule has 0 spiro atoms. The van der Waals surface area contributed by atoms with Gasteiger partial charge in [-0.3, -0.25) is 0 Å². The molecule has 1 heterocycles. The van der Waals surface area contributed by atoms with Crippen molar-refractivity contribution < 1.29 is 9.47 Å². The SMILES string of the molecule is CO[C@@H]1C[C@H]2C=CC[C@H]2O1. The summed E-state index contributed by atoms with van der Waals surface area (Å²) in [4.78, 5) is 0. The minimum absolute atomic E-state index is 0.0555. The van der Waals surface area contributed by atoms with Gasteiger partial charge in [0, 0.05) is 19.4 Å². The summed E-state index contributed by atoms with van der Waals surface area (Å²) in [5.74, 6) is 0.630. The summed E-state index contributed by atoms with van der Waals surface area (Å²) in [6, 6.07) is 0. The lowest BCUT2D eigenvalue weighted by Gasteiger charge is -2.08. The van der Waals surface area contributed by atoms with E-state index in [0.717, 1.165) is 12.8 Å². The molecule has 2 rings (SSSR count). The van der Waals surface area contributed by atoms with Crippen LogP contribution >= 0.6 is 0 Å². The summed E-state index contributed by atoms with van der Waals surface area (Å²) in [6.07, 6.45) is 7.03. The molecule has 0 aromatic rings. The molecule has 56 valence electrons. The molecule has 0 bridgehead atoms. The molecule has 1 saturated heterocycles. The second-order valence-corrected chi connectivity index (χ2v) is 2.90. The fourth-order valence-electron chi connectivity index (χ4n) is 1.70. The van der Waals surface area contributed by atoms with Crippen molar-refractivity contribution in [3.63, 3.8) is 0 Å². The smallest absolute Gasteiger partial charge is 0.158 e. The summed E-state index contributed by atoms with van der Waals surface area (Å²) >= 11 is 0. The largest absolute Gasteiger partial charge is 0.356 e. The maximum Gasteiger partial charge on any atom is 0.158 e. The molecule has 0 amide bonds. The highest BCUT2D eigenvalue weighted by Gasteiger charge is 2.35. The third-order valence-corrected chi connectivity index (χ3v) is 2.28. The second-order valence-electron chi connectivity index (χ2n) is 2.90. The molecule has 1 aliphatic carbocycles. The van der Waals surface area contributed by atoms with E-state index in [4.69, 9.17) is 9.47 Å². The monoisotopic (exact) mass is 140 g/mol. The number of fused-ring (bicyclic) bond motifs is 1. The Kier molecular flexibility index (Phi) is 1.51. The van der Waals surface area contributed by atoms with E-state index in [1.807, 2.05) is 0 Å². The molecule has 0 aromatic carbocycles. The van der Waals surface area contributed by atoms with Gasteiger partial charge in [0.2, 0.25) is 0 Å². The number of hydrogen-bond acceptors (Lipinski definition) is 2. The van der Waals surface area contributed by atoms with E-state index < -0.39 is 0 Å². The maximum absolute atomic E-state index is 5.55. The second kappa shape index (κ2) is 2.36. The fourth-order valence-corrected chi connectivity index (χ4v) is 1.70. The summed E-state index contributed by atoms with van der Waals surface area (Å²) in [7, 11) is 1.70. The van der Waals surface area contributed by atoms with Crippen LogP contribution in [0.1, 0.15) is 12.8 Å². The lowest BCUT2D eigenvalue weighted by molar-refractivity contribution is -0.113. The van der Waals surface area contributed by atoms with Gasteiger partial charge in [0.1, 0.15) is 0 Å². The molecule has 2 nitrogen and oxygen atoms in total. The van der Waals surface area contributed by atoms with Gasteiger partial charge in [0.15, 0.2) is 6.29 Å². The molecule has 2 aliphatic rings. The fraction of sp³-hybridized carbons (Fsp3) is 0.750. The standard InChI is InChI=1S/C8H12O2/c1-9-8-5-6-3-2-4-7(6)10-8/h2-3,6-8H,4-5H2,1H3/t6-,7-,8+/m1/s1. The van der Waals surface area contributed by atoms with Crippen LogP contribution in [0.5, 0.6) is 0 Å². The quantitative estimate of drug-likeness (QED) is 0.511. The molecule has 0 aromatic heterocycles. The predicted molar refractivity (Wildman–Crippen MR) is 37.5 cm³/mol.